The number of carbonyl (C=O) groups is 1. The third-order valence-electron chi connectivity index (χ3n) is 4.87. The zero-order valence-electron chi connectivity index (χ0n) is 14.7. The molecular formula is C21H26N2O2. The Morgan fingerprint density at radius 3 is 2.48 bits per heavy atom. The van der Waals surface area contributed by atoms with Crippen molar-refractivity contribution in [2.75, 3.05) is 0 Å². The average molecular weight is 338 g/mol. The summed E-state index contributed by atoms with van der Waals surface area (Å²) in [5.41, 5.74) is 1.09. The predicted molar refractivity (Wildman–Crippen MR) is 98.5 cm³/mol. The van der Waals surface area contributed by atoms with Crippen LogP contribution in [0.3, 0.4) is 0 Å². The summed E-state index contributed by atoms with van der Waals surface area (Å²) in [7, 11) is 0. The summed E-state index contributed by atoms with van der Waals surface area (Å²) in [6.07, 6.45) is 6.55. The van der Waals surface area contributed by atoms with Gasteiger partial charge in [-0.05, 0) is 43.7 Å². The minimum Gasteiger partial charge on any atom is -0.474 e. The monoisotopic (exact) mass is 338 g/mol. The molecule has 1 aliphatic carbocycles. The van der Waals surface area contributed by atoms with E-state index in [1.54, 1.807) is 6.20 Å². The number of rotatable bonds is 6. The van der Waals surface area contributed by atoms with Crippen LogP contribution >= 0.6 is 0 Å². The number of carbonyl (C=O) groups excluding carboxylic acids is 1. The van der Waals surface area contributed by atoms with Crippen LogP contribution in [0.2, 0.25) is 0 Å². The molecule has 1 saturated carbocycles. The summed E-state index contributed by atoms with van der Waals surface area (Å²) in [6.45, 7) is 2.06. The first-order valence-corrected chi connectivity index (χ1v) is 9.19. The molecule has 3 rings (SSSR count). The highest BCUT2D eigenvalue weighted by molar-refractivity contribution is 5.83. The van der Waals surface area contributed by atoms with Crippen molar-refractivity contribution >= 4 is 5.91 Å². The minimum atomic E-state index is -0.0660. The quantitative estimate of drug-likeness (QED) is 0.863. The van der Waals surface area contributed by atoms with Gasteiger partial charge >= 0.3 is 0 Å². The van der Waals surface area contributed by atoms with Crippen LogP contribution in [0.1, 0.15) is 50.5 Å². The molecule has 0 aliphatic heterocycles. The van der Waals surface area contributed by atoms with Gasteiger partial charge in [-0.1, -0.05) is 43.3 Å². The second-order valence-electron chi connectivity index (χ2n) is 6.64. The highest BCUT2D eigenvalue weighted by Gasteiger charge is 2.26. The van der Waals surface area contributed by atoms with E-state index >= 15 is 0 Å². The van der Waals surface area contributed by atoms with Crippen molar-refractivity contribution in [1.82, 2.24) is 10.3 Å². The molecule has 1 aliphatic rings. The molecular weight excluding hydrogens is 312 g/mol. The fourth-order valence-corrected chi connectivity index (χ4v) is 3.47. The highest BCUT2D eigenvalue weighted by atomic mass is 16.5. The Bertz CT molecular complexity index is 652. The van der Waals surface area contributed by atoms with E-state index in [-0.39, 0.29) is 24.0 Å². The van der Waals surface area contributed by atoms with Crippen LogP contribution in [0.5, 0.6) is 5.88 Å². The van der Waals surface area contributed by atoms with Gasteiger partial charge in [0.2, 0.25) is 11.8 Å². The number of aromatic nitrogens is 1. The summed E-state index contributed by atoms with van der Waals surface area (Å²) < 4.78 is 5.92. The van der Waals surface area contributed by atoms with Gasteiger partial charge in [-0.25, -0.2) is 4.98 Å². The predicted octanol–water partition coefficient (Wildman–Crippen LogP) is 4.08. The third-order valence-corrected chi connectivity index (χ3v) is 4.87. The van der Waals surface area contributed by atoms with E-state index in [0.717, 1.165) is 37.7 Å². The molecule has 132 valence electrons. The Morgan fingerprint density at radius 2 is 1.84 bits per heavy atom. The van der Waals surface area contributed by atoms with Crippen LogP contribution in [0.25, 0.3) is 0 Å². The van der Waals surface area contributed by atoms with Crippen LogP contribution in [0, 0.1) is 0 Å². The van der Waals surface area contributed by atoms with Crippen LogP contribution in [0.15, 0.2) is 54.7 Å². The summed E-state index contributed by atoms with van der Waals surface area (Å²) in [6, 6.07) is 16.0. The molecule has 25 heavy (non-hydrogen) atoms. The lowest BCUT2D eigenvalue weighted by Gasteiger charge is -2.30. The number of amides is 1. The van der Waals surface area contributed by atoms with Crippen LogP contribution in [-0.4, -0.2) is 23.0 Å². The summed E-state index contributed by atoms with van der Waals surface area (Å²) >= 11 is 0. The molecule has 0 saturated heterocycles. The van der Waals surface area contributed by atoms with E-state index in [0.29, 0.717) is 5.88 Å². The Kier molecular flexibility index (Phi) is 6.04. The van der Waals surface area contributed by atoms with Crippen LogP contribution < -0.4 is 10.1 Å². The van der Waals surface area contributed by atoms with E-state index in [1.165, 1.54) is 0 Å². The molecule has 1 N–H and O–H groups in total. The van der Waals surface area contributed by atoms with Crippen molar-refractivity contribution in [3.8, 4) is 5.88 Å². The highest BCUT2D eigenvalue weighted by Crippen LogP contribution is 2.25. The number of nitrogens with zero attached hydrogens (tertiary/aromatic N) is 1. The lowest BCUT2D eigenvalue weighted by atomic mass is 9.91. The number of hydrogen-bond donors (Lipinski definition) is 1. The smallest absolute Gasteiger partial charge is 0.227 e. The van der Waals surface area contributed by atoms with E-state index < -0.39 is 0 Å². The zero-order chi connectivity index (χ0) is 17.5. The van der Waals surface area contributed by atoms with E-state index in [2.05, 4.69) is 17.2 Å². The Morgan fingerprint density at radius 1 is 1.12 bits per heavy atom. The van der Waals surface area contributed by atoms with Gasteiger partial charge in [0.05, 0.1) is 5.92 Å². The van der Waals surface area contributed by atoms with E-state index in [9.17, 15) is 4.79 Å². The van der Waals surface area contributed by atoms with Crippen molar-refractivity contribution < 1.29 is 9.53 Å². The lowest BCUT2D eigenvalue weighted by molar-refractivity contribution is -0.123. The van der Waals surface area contributed by atoms with Crippen molar-refractivity contribution in [3.05, 3.63) is 60.3 Å². The Balaban J connectivity index is 1.49. The fraction of sp³-hybridized carbons (Fsp3) is 0.429. The largest absolute Gasteiger partial charge is 0.474 e. The first kappa shape index (κ1) is 17.5. The Hall–Kier alpha value is -2.36. The second kappa shape index (κ2) is 8.65. The molecule has 1 fully saturated rings. The molecule has 1 aromatic carbocycles. The van der Waals surface area contributed by atoms with Gasteiger partial charge in [0, 0.05) is 18.3 Å². The molecule has 4 heteroatoms. The molecule has 1 aromatic heterocycles. The standard InChI is InChI=1S/C21H26N2O2/c1-2-19(16-8-4-3-5-9-16)21(24)23-17-11-13-18(14-12-17)25-20-10-6-7-15-22-20/h3-10,15,17-19H,2,11-14H2,1H3,(H,23,24). The number of pyridine rings is 1. The van der Waals surface area contributed by atoms with Gasteiger partial charge < -0.3 is 10.1 Å². The van der Waals surface area contributed by atoms with Crippen molar-refractivity contribution in [2.45, 2.75) is 57.1 Å². The average Bonchev–Trinajstić information content (AvgIpc) is 2.66. The van der Waals surface area contributed by atoms with Gasteiger partial charge in [-0.15, -0.1) is 0 Å². The zero-order valence-corrected chi connectivity index (χ0v) is 14.7. The van der Waals surface area contributed by atoms with Gasteiger partial charge in [0.15, 0.2) is 0 Å². The number of nitrogens with one attached hydrogen (secondary N) is 1. The molecule has 1 amide bonds. The van der Waals surface area contributed by atoms with Crippen molar-refractivity contribution in [1.29, 1.82) is 0 Å². The van der Waals surface area contributed by atoms with Gasteiger partial charge in [0.25, 0.3) is 0 Å². The first-order chi connectivity index (χ1) is 12.3. The van der Waals surface area contributed by atoms with Crippen LogP contribution in [0.4, 0.5) is 0 Å². The summed E-state index contributed by atoms with van der Waals surface area (Å²) in [4.78, 5) is 16.9. The molecule has 2 aromatic rings. The minimum absolute atomic E-state index is 0.0660. The number of hydrogen-bond acceptors (Lipinski definition) is 3. The van der Waals surface area contributed by atoms with Gasteiger partial charge in [0.1, 0.15) is 6.10 Å². The topological polar surface area (TPSA) is 51.2 Å². The normalized spacial score (nSPS) is 21.3. The van der Waals surface area contributed by atoms with Gasteiger partial charge in [-0.3, -0.25) is 4.79 Å². The second-order valence-corrected chi connectivity index (χ2v) is 6.64. The van der Waals surface area contributed by atoms with Crippen molar-refractivity contribution in [3.63, 3.8) is 0 Å². The molecule has 0 spiro atoms. The number of benzene rings is 1. The summed E-state index contributed by atoms with van der Waals surface area (Å²) in [5.74, 6) is 0.761. The maximum absolute atomic E-state index is 12.7. The molecule has 0 radical (unpaired) electrons. The van der Waals surface area contributed by atoms with Crippen molar-refractivity contribution in [2.24, 2.45) is 0 Å². The Labute approximate surface area is 149 Å². The van der Waals surface area contributed by atoms with Crippen LogP contribution in [-0.2, 0) is 4.79 Å². The fourth-order valence-electron chi connectivity index (χ4n) is 3.47. The molecule has 1 unspecified atom stereocenters. The lowest BCUT2D eigenvalue weighted by Crippen LogP contribution is -2.41. The third kappa shape index (κ3) is 4.81. The maximum atomic E-state index is 12.7. The SMILES string of the molecule is CCC(C(=O)NC1CCC(Oc2ccccn2)CC1)c1ccccc1. The molecule has 1 heterocycles. The molecule has 4 nitrogen and oxygen atoms in total. The summed E-state index contributed by atoms with van der Waals surface area (Å²) in [5, 5.41) is 3.24. The maximum Gasteiger partial charge on any atom is 0.227 e. The molecule has 1 atom stereocenters. The molecule has 0 bridgehead atoms. The van der Waals surface area contributed by atoms with E-state index in [4.69, 9.17) is 4.74 Å². The van der Waals surface area contributed by atoms with E-state index in [1.807, 2.05) is 48.5 Å². The first-order valence-electron chi connectivity index (χ1n) is 9.19. The number of ether oxygens (including phenoxy) is 1. The van der Waals surface area contributed by atoms with Gasteiger partial charge in [-0.2, -0.15) is 0 Å².